The third kappa shape index (κ3) is 5.71. The summed E-state index contributed by atoms with van der Waals surface area (Å²) in [4.78, 5) is 0. The summed E-state index contributed by atoms with van der Waals surface area (Å²) < 4.78 is 76.1. The number of nitrogens with one attached hydrogen (secondary N) is 3. The quantitative estimate of drug-likeness (QED) is 0.231. The molecule has 4 aromatic rings. The van der Waals surface area contributed by atoms with Crippen LogP contribution in [0.5, 0.6) is 5.75 Å². The topological polar surface area (TPSA) is 122 Å². The average molecular weight is 534 g/mol. The van der Waals surface area contributed by atoms with Crippen LogP contribution in [0.4, 0.5) is 30.5 Å². The minimum atomic E-state index is -4.95. The molecular formula is C24H22F3N5O4S. The number of sulfonamides is 1. The van der Waals surface area contributed by atoms with E-state index in [4.69, 9.17) is 9.26 Å². The number of nitrogens with zero attached hydrogens (tertiary/aromatic N) is 2. The van der Waals surface area contributed by atoms with E-state index in [-0.39, 0.29) is 11.4 Å². The minimum Gasteiger partial charge on any atom is -0.484 e. The number of ether oxygens (including phenoxy) is 1. The molecule has 1 aliphatic carbocycles. The molecule has 1 fully saturated rings. The predicted octanol–water partition coefficient (Wildman–Crippen LogP) is 5.93. The monoisotopic (exact) mass is 533 g/mol. The molecule has 13 heteroatoms. The zero-order chi connectivity index (χ0) is 26.2. The summed E-state index contributed by atoms with van der Waals surface area (Å²) in [5.74, 6) is -1.88. The summed E-state index contributed by atoms with van der Waals surface area (Å²) in [6.07, 6.45) is 1.50. The molecule has 1 aliphatic rings. The number of anilines is 3. The van der Waals surface area contributed by atoms with Crippen LogP contribution in [0, 0.1) is 5.82 Å². The second-order valence-electron chi connectivity index (χ2n) is 8.61. The van der Waals surface area contributed by atoms with Gasteiger partial charge in [0, 0.05) is 23.6 Å². The molecule has 0 bridgehead atoms. The van der Waals surface area contributed by atoms with E-state index in [1.54, 1.807) is 13.0 Å². The molecule has 0 saturated heterocycles. The van der Waals surface area contributed by atoms with E-state index < -0.39 is 27.7 Å². The third-order valence-corrected chi connectivity index (χ3v) is 6.74. The lowest BCUT2D eigenvalue weighted by molar-refractivity contribution is 0.228. The third-order valence-electron chi connectivity index (χ3n) is 5.76. The number of alkyl halides is 2. The molecule has 0 spiro atoms. The van der Waals surface area contributed by atoms with Crippen LogP contribution < -0.4 is 14.8 Å². The van der Waals surface area contributed by atoms with Crippen LogP contribution in [0.3, 0.4) is 0 Å². The molecule has 1 saturated carbocycles. The van der Waals surface area contributed by atoms with Crippen LogP contribution in [0.1, 0.15) is 43.1 Å². The standard InChI is InChI=1S/C24H22F3N5O4S/c1-13(14-4-7-17(25)8-5-14)35-21-10-16(6-9-18(21)32-37(33,34)24(26)27)19-11-22(30-29-19)28-23-12-20(36-31-23)15-2-3-15/h4-13,15,24,32H,2-3H2,1H3,(H2,28,29,30,31)/t13-/m0/s1. The Morgan fingerprint density at radius 2 is 1.84 bits per heavy atom. The molecule has 0 unspecified atom stereocenters. The lowest BCUT2D eigenvalue weighted by Gasteiger charge is -2.19. The van der Waals surface area contributed by atoms with E-state index in [1.807, 2.05) is 10.8 Å². The fourth-order valence-corrected chi connectivity index (χ4v) is 4.20. The van der Waals surface area contributed by atoms with Crippen LogP contribution in [0.15, 0.2) is 59.1 Å². The lowest BCUT2D eigenvalue weighted by atomic mass is 10.1. The number of benzene rings is 2. The molecule has 9 nitrogen and oxygen atoms in total. The maximum absolute atomic E-state index is 13.3. The molecule has 0 radical (unpaired) electrons. The SMILES string of the molecule is C[C@H](Oc1cc(-c2cc(Nc3cc(C4CC4)on3)n[nH]2)ccc1NS(=O)(=O)C(F)F)c1ccc(F)cc1. The van der Waals surface area contributed by atoms with Crippen molar-refractivity contribution in [3.63, 3.8) is 0 Å². The van der Waals surface area contributed by atoms with E-state index in [1.165, 1.54) is 42.5 Å². The first-order valence-corrected chi connectivity index (χ1v) is 12.9. The Labute approximate surface area is 210 Å². The van der Waals surface area contributed by atoms with Crippen LogP contribution in [0.25, 0.3) is 11.3 Å². The van der Waals surface area contributed by atoms with Crippen LogP contribution >= 0.6 is 0 Å². The van der Waals surface area contributed by atoms with Crippen molar-refractivity contribution in [1.82, 2.24) is 15.4 Å². The first-order valence-electron chi connectivity index (χ1n) is 11.3. The Morgan fingerprint density at radius 3 is 2.54 bits per heavy atom. The lowest BCUT2D eigenvalue weighted by Crippen LogP contribution is -2.21. The maximum Gasteiger partial charge on any atom is 0.355 e. The molecular weight excluding hydrogens is 511 g/mol. The molecule has 37 heavy (non-hydrogen) atoms. The number of rotatable bonds is 10. The molecule has 3 N–H and O–H groups in total. The van der Waals surface area contributed by atoms with Gasteiger partial charge in [0.05, 0.1) is 11.4 Å². The number of hydrogen-bond donors (Lipinski definition) is 3. The van der Waals surface area contributed by atoms with Crippen molar-refractivity contribution in [3.05, 3.63) is 71.7 Å². The summed E-state index contributed by atoms with van der Waals surface area (Å²) in [6.45, 7) is 1.66. The van der Waals surface area contributed by atoms with Gasteiger partial charge in [-0.1, -0.05) is 23.4 Å². The van der Waals surface area contributed by atoms with Crippen LogP contribution in [-0.4, -0.2) is 29.5 Å². The first kappa shape index (κ1) is 24.7. The highest BCUT2D eigenvalue weighted by Gasteiger charge is 2.28. The molecule has 0 amide bonds. The molecule has 2 aromatic heterocycles. The fraction of sp³-hybridized carbons (Fsp3) is 0.250. The maximum atomic E-state index is 13.3. The van der Waals surface area contributed by atoms with Crippen molar-refractivity contribution in [3.8, 4) is 17.0 Å². The molecule has 2 heterocycles. The van der Waals surface area contributed by atoms with E-state index in [0.717, 1.165) is 18.6 Å². The van der Waals surface area contributed by atoms with Gasteiger partial charge >= 0.3 is 5.76 Å². The van der Waals surface area contributed by atoms with Gasteiger partial charge in [-0.3, -0.25) is 9.82 Å². The molecule has 194 valence electrons. The number of hydrogen-bond acceptors (Lipinski definition) is 7. The number of aromatic amines is 1. The Balaban J connectivity index is 1.41. The Hall–Kier alpha value is -4.00. The van der Waals surface area contributed by atoms with Gasteiger partial charge < -0.3 is 14.6 Å². The normalized spacial score (nSPS) is 14.5. The van der Waals surface area contributed by atoms with Crippen molar-refractivity contribution in [2.24, 2.45) is 0 Å². The van der Waals surface area contributed by atoms with Gasteiger partial charge in [-0.25, -0.2) is 12.8 Å². The summed E-state index contributed by atoms with van der Waals surface area (Å²) in [7, 11) is -4.95. The van der Waals surface area contributed by atoms with Gasteiger partial charge in [-0.2, -0.15) is 13.9 Å². The highest BCUT2D eigenvalue weighted by atomic mass is 32.2. The van der Waals surface area contributed by atoms with E-state index in [9.17, 15) is 21.6 Å². The molecule has 2 aromatic carbocycles. The van der Waals surface area contributed by atoms with Crippen molar-refractivity contribution in [2.45, 2.75) is 37.5 Å². The molecule has 0 aliphatic heterocycles. The van der Waals surface area contributed by atoms with Gasteiger partial charge in [-0.15, -0.1) is 0 Å². The summed E-state index contributed by atoms with van der Waals surface area (Å²) in [6, 6.07) is 13.4. The van der Waals surface area contributed by atoms with Crippen molar-refractivity contribution in [2.75, 3.05) is 10.0 Å². The van der Waals surface area contributed by atoms with Crippen molar-refractivity contribution in [1.29, 1.82) is 0 Å². The number of H-pyrrole nitrogens is 1. The van der Waals surface area contributed by atoms with Crippen molar-refractivity contribution < 1.29 is 30.8 Å². The van der Waals surface area contributed by atoms with Crippen LogP contribution in [0.2, 0.25) is 0 Å². The van der Waals surface area contributed by atoms with Crippen LogP contribution in [-0.2, 0) is 10.0 Å². The number of halogens is 3. The zero-order valence-corrected chi connectivity index (χ0v) is 20.2. The Bertz CT molecular complexity index is 1500. The average Bonchev–Trinajstić information content (AvgIpc) is 3.43. The largest absolute Gasteiger partial charge is 0.484 e. The molecule has 1 atom stereocenters. The smallest absolute Gasteiger partial charge is 0.355 e. The first-order chi connectivity index (χ1) is 17.7. The highest BCUT2D eigenvalue weighted by Crippen LogP contribution is 2.41. The fourth-order valence-electron chi connectivity index (χ4n) is 3.64. The zero-order valence-electron chi connectivity index (χ0n) is 19.4. The van der Waals surface area contributed by atoms with E-state index in [0.29, 0.717) is 34.4 Å². The summed E-state index contributed by atoms with van der Waals surface area (Å²) >= 11 is 0. The summed E-state index contributed by atoms with van der Waals surface area (Å²) in [5, 5.41) is 14.1. The summed E-state index contributed by atoms with van der Waals surface area (Å²) in [5.41, 5.74) is 1.50. The van der Waals surface area contributed by atoms with Gasteiger partial charge in [-0.05, 0) is 49.6 Å². The predicted molar refractivity (Wildman–Crippen MR) is 130 cm³/mol. The minimum absolute atomic E-state index is 0.00626. The van der Waals surface area contributed by atoms with E-state index in [2.05, 4.69) is 20.7 Å². The van der Waals surface area contributed by atoms with Crippen molar-refractivity contribution >= 4 is 27.3 Å². The van der Waals surface area contributed by atoms with Gasteiger partial charge in [0.15, 0.2) is 11.6 Å². The van der Waals surface area contributed by atoms with Gasteiger partial charge in [0.2, 0.25) is 0 Å². The second kappa shape index (κ2) is 9.81. The second-order valence-corrected chi connectivity index (χ2v) is 10.3. The number of aromatic nitrogens is 3. The van der Waals surface area contributed by atoms with Gasteiger partial charge in [0.25, 0.3) is 10.0 Å². The molecule has 5 rings (SSSR count). The Morgan fingerprint density at radius 1 is 1.08 bits per heavy atom. The Kier molecular flexibility index (Phi) is 6.54. The van der Waals surface area contributed by atoms with Gasteiger partial charge in [0.1, 0.15) is 23.4 Å². The highest BCUT2D eigenvalue weighted by molar-refractivity contribution is 7.93. The van der Waals surface area contributed by atoms with E-state index >= 15 is 0 Å².